The second kappa shape index (κ2) is 3.84. The number of benzene rings is 1. The Labute approximate surface area is 100 Å². The van der Waals surface area contributed by atoms with Crippen LogP contribution in [-0.2, 0) is 0 Å². The molecule has 1 aromatic carbocycles. The highest BCUT2D eigenvalue weighted by Crippen LogP contribution is 2.18. The second-order valence-electron chi connectivity index (χ2n) is 4.57. The Morgan fingerprint density at radius 1 is 1.29 bits per heavy atom. The lowest BCUT2D eigenvalue weighted by Crippen LogP contribution is -2.42. The first-order chi connectivity index (χ1) is 8.24. The maximum Gasteiger partial charge on any atom is 0.255 e. The molecule has 3 nitrogen and oxygen atoms in total. The van der Waals surface area contributed by atoms with Gasteiger partial charge in [0.2, 0.25) is 0 Å². The first-order valence-electron chi connectivity index (χ1n) is 5.90. The van der Waals surface area contributed by atoms with Crippen LogP contribution in [0.3, 0.4) is 0 Å². The number of aryl methyl sites for hydroxylation is 1. The van der Waals surface area contributed by atoms with E-state index >= 15 is 0 Å². The second-order valence-corrected chi connectivity index (χ2v) is 4.57. The van der Waals surface area contributed by atoms with Crippen LogP contribution in [0.5, 0.6) is 0 Å². The highest BCUT2D eigenvalue weighted by molar-refractivity contribution is 5.97. The number of hydrogen-bond donors (Lipinski definition) is 0. The summed E-state index contributed by atoms with van der Waals surface area (Å²) in [5, 5.41) is 1.03. The van der Waals surface area contributed by atoms with Gasteiger partial charge in [-0.1, -0.05) is 12.1 Å². The van der Waals surface area contributed by atoms with Crippen LogP contribution in [0.2, 0.25) is 0 Å². The molecule has 2 aromatic rings. The van der Waals surface area contributed by atoms with Crippen molar-refractivity contribution in [3.05, 3.63) is 41.6 Å². The number of fused-ring (bicyclic) bond motifs is 1. The molecule has 0 aliphatic carbocycles. The highest BCUT2D eigenvalue weighted by atomic mass is 16.2. The lowest BCUT2D eigenvalue weighted by Gasteiger charge is -2.30. The van der Waals surface area contributed by atoms with Gasteiger partial charge in [-0.3, -0.25) is 9.78 Å². The molecule has 3 rings (SSSR count). The molecule has 3 heteroatoms. The summed E-state index contributed by atoms with van der Waals surface area (Å²) in [4.78, 5) is 18.2. The fourth-order valence-corrected chi connectivity index (χ4v) is 2.05. The first-order valence-corrected chi connectivity index (χ1v) is 5.90. The number of rotatable bonds is 1. The molecule has 0 N–H and O–H groups in total. The standard InChI is InChI=1S/C14H14N2O/c1-10-3-4-11-8-12(9-15-13(11)7-10)14(17)16-5-2-6-16/h3-4,7-9H,2,5-6H2,1H3. The first kappa shape index (κ1) is 10.3. The van der Waals surface area contributed by atoms with Gasteiger partial charge in [0.05, 0.1) is 11.1 Å². The summed E-state index contributed by atoms with van der Waals surface area (Å²) < 4.78 is 0. The number of carbonyl (C=O) groups excluding carboxylic acids is 1. The van der Waals surface area contributed by atoms with Gasteiger partial charge in [0.1, 0.15) is 0 Å². The number of nitrogens with zero attached hydrogens (tertiary/aromatic N) is 2. The maximum absolute atomic E-state index is 12.0. The van der Waals surface area contributed by atoms with Gasteiger partial charge in [0, 0.05) is 24.7 Å². The Morgan fingerprint density at radius 2 is 2.12 bits per heavy atom. The molecule has 1 aromatic heterocycles. The third-order valence-corrected chi connectivity index (χ3v) is 3.23. The molecule has 0 spiro atoms. The van der Waals surface area contributed by atoms with Crippen molar-refractivity contribution in [3.8, 4) is 0 Å². The number of amides is 1. The van der Waals surface area contributed by atoms with Gasteiger partial charge in [-0.05, 0) is 31.0 Å². The fourth-order valence-electron chi connectivity index (χ4n) is 2.05. The SMILES string of the molecule is Cc1ccc2cc(C(=O)N3CCC3)cnc2c1. The van der Waals surface area contributed by atoms with E-state index in [-0.39, 0.29) is 5.91 Å². The summed E-state index contributed by atoms with van der Waals surface area (Å²) in [6.45, 7) is 3.80. The minimum Gasteiger partial charge on any atom is -0.338 e. The zero-order valence-electron chi connectivity index (χ0n) is 9.81. The average molecular weight is 226 g/mol. The molecule has 1 saturated heterocycles. The molecule has 1 aliphatic rings. The average Bonchev–Trinajstić information content (AvgIpc) is 2.26. The Hall–Kier alpha value is -1.90. The molecule has 0 atom stereocenters. The third kappa shape index (κ3) is 1.78. The van der Waals surface area contributed by atoms with Gasteiger partial charge in [-0.15, -0.1) is 0 Å². The Bertz CT molecular complexity index is 588. The molecular weight excluding hydrogens is 212 g/mol. The molecule has 17 heavy (non-hydrogen) atoms. The van der Waals surface area contributed by atoms with Crippen LogP contribution in [0.4, 0.5) is 0 Å². The van der Waals surface area contributed by atoms with Crippen LogP contribution >= 0.6 is 0 Å². The monoisotopic (exact) mass is 226 g/mol. The molecule has 86 valence electrons. The van der Waals surface area contributed by atoms with Gasteiger partial charge < -0.3 is 4.90 Å². The van der Waals surface area contributed by atoms with Crippen molar-refractivity contribution in [3.63, 3.8) is 0 Å². The Balaban J connectivity index is 2.01. The van der Waals surface area contributed by atoms with E-state index in [1.54, 1.807) is 6.20 Å². The molecule has 0 bridgehead atoms. The third-order valence-electron chi connectivity index (χ3n) is 3.23. The predicted molar refractivity (Wildman–Crippen MR) is 67.0 cm³/mol. The summed E-state index contributed by atoms with van der Waals surface area (Å²) in [6, 6.07) is 8.03. The van der Waals surface area contributed by atoms with Crippen LogP contribution in [0.15, 0.2) is 30.5 Å². The summed E-state index contributed by atoms with van der Waals surface area (Å²) in [5.74, 6) is 0.103. The van der Waals surface area contributed by atoms with Crippen LogP contribution in [0.25, 0.3) is 10.9 Å². The quantitative estimate of drug-likeness (QED) is 0.748. The van der Waals surface area contributed by atoms with Gasteiger partial charge >= 0.3 is 0 Å². The molecule has 0 unspecified atom stereocenters. The van der Waals surface area contributed by atoms with Gasteiger partial charge in [-0.25, -0.2) is 0 Å². The van der Waals surface area contributed by atoms with Gasteiger partial charge in [0.25, 0.3) is 5.91 Å². The van der Waals surface area contributed by atoms with Gasteiger partial charge in [0.15, 0.2) is 0 Å². The summed E-state index contributed by atoms with van der Waals surface area (Å²) in [6.07, 6.45) is 2.80. The lowest BCUT2D eigenvalue weighted by molar-refractivity contribution is 0.0651. The van der Waals surface area contributed by atoms with Crippen LogP contribution in [-0.4, -0.2) is 28.9 Å². The largest absolute Gasteiger partial charge is 0.338 e. The van der Waals surface area contributed by atoms with Crippen molar-refractivity contribution in [2.45, 2.75) is 13.3 Å². The Kier molecular flexibility index (Phi) is 2.32. The smallest absolute Gasteiger partial charge is 0.255 e. The van der Waals surface area contributed by atoms with E-state index in [9.17, 15) is 4.79 Å². The van der Waals surface area contributed by atoms with Crippen LogP contribution < -0.4 is 0 Å². The number of pyridine rings is 1. The van der Waals surface area contributed by atoms with Crippen molar-refractivity contribution in [2.24, 2.45) is 0 Å². The topological polar surface area (TPSA) is 33.2 Å². The number of aromatic nitrogens is 1. The summed E-state index contributed by atoms with van der Waals surface area (Å²) >= 11 is 0. The molecular formula is C14H14N2O. The number of hydrogen-bond acceptors (Lipinski definition) is 2. The van der Waals surface area contributed by atoms with Crippen LogP contribution in [0.1, 0.15) is 22.3 Å². The van der Waals surface area contributed by atoms with E-state index in [0.717, 1.165) is 30.4 Å². The van der Waals surface area contributed by atoms with E-state index in [1.807, 2.05) is 36.1 Å². The molecule has 1 aliphatic heterocycles. The van der Waals surface area contributed by atoms with E-state index < -0.39 is 0 Å². The van der Waals surface area contributed by atoms with Crippen molar-refractivity contribution in [1.29, 1.82) is 0 Å². The Morgan fingerprint density at radius 3 is 2.82 bits per heavy atom. The maximum atomic E-state index is 12.0. The van der Waals surface area contributed by atoms with E-state index in [1.165, 1.54) is 5.56 Å². The van der Waals surface area contributed by atoms with Crippen molar-refractivity contribution < 1.29 is 4.79 Å². The van der Waals surface area contributed by atoms with Gasteiger partial charge in [-0.2, -0.15) is 0 Å². The minimum absolute atomic E-state index is 0.103. The van der Waals surface area contributed by atoms with E-state index in [4.69, 9.17) is 0 Å². The van der Waals surface area contributed by atoms with Crippen LogP contribution in [0, 0.1) is 6.92 Å². The number of carbonyl (C=O) groups is 1. The van der Waals surface area contributed by atoms with Crippen molar-refractivity contribution in [2.75, 3.05) is 13.1 Å². The molecule has 1 amide bonds. The predicted octanol–water partition coefficient (Wildman–Crippen LogP) is 2.39. The summed E-state index contributed by atoms with van der Waals surface area (Å²) in [7, 11) is 0. The number of likely N-dealkylation sites (tertiary alicyclic amines) is 1. The van der Waals surface area contributed by atoms with Crippen molar-refractivity contribution >= 4 is 16.8 Å². The summed E-state index contributed by atoms with van der Waals surface area (Å²) in [5.41, 5.74) is 2.83. The normalized spacial score (nSPS) is 14.8. The lowest BCUT2D eigenvalue weighted by atomic mass is 10.1. The minimum atomic E-state index is 0.103. The molecule has 2 heterocycles. The zero-order valence-corrected chi connectivity index (χ0v) is 9.81. The molecule has 0 radical (unpaired) electrons. The highest BCUT2D eigenvalue weighted by Gasteiger charge is 2.21. The molecule has 1 fully saturated rings. The van der Waals surface area contributed by atoms with E-state index in [0.29, 0.717) is 5.56 Å². The fraction of sp³-hybridized carbons (Fsp3) is 0.286. The zero-order chi connectivity index (χ0) is 11.8. The van der Waals surface area contributed by atoms with Crippen molar-refractivity contribution in [1.82, 2.24) is 9.88 Å². The molecule has 0 saturated carbocycles. The van der Waals surface area contributed by atoms with E-state index in [2.05, 4.69) is 4.98 Å².